The first kappa shape index (κ1) is 16.5. The van der Waals surface area contributed by atoms with Gasteiger partial charge in [-0.15, -0.1) is 0 Å². The molecule has 0 saturated carbocycles. The minimum absolute atomic E-state index is 0.0646. The average Bonchev–Trinajstić information content (AvgIpc) is 2.34. The van der Waals surface area contributed by atoms with Crippen LogP contribution < -0.4 is 0 Å². The summed E-state index contributed by atoms with van der Waals surface area (Å²) in [6.45, 7) is 13.4. The highest BCUT2D eigenvalue weighted by molar-refractivity contribution is 9.11. The molecule has 0 fully saturated rings. The van der Waals surface area contributed by atoms with Gasteiger partial charge in [0.15, 0.2) is 0 Å². The molecular weight excluding hydrogens is 318 g/mol. The summed E-state index contributed by atoms with van der Waals surface area (Å²) in [5.41, 5.74) is 1.11. The van der Waals surface area contributed by atoms with Gasteiger partial charge in [-0.2, -0.15) is 0 Å². The lowest BCUT2D eigenvalue weighted by atomic mass is 10.1. The minimum atomic E-state index is -0.509. The number of carbonyl (C=O) groups excluding carboxylic acids is 1. The Hall–Kier alpha value is -1.55. The molecule has 0 unspecified atom stereocenters. The summed E-state index contributed by atoms with van der Waals surface area (Å²) < 4.78 is 5.89. The van der Waals surface area contributed by atoms with E-state index >= 15 is 0 Å². The maximum absolute atomic E-state index is 11.9. The molecule has 1 rings (SSSR count). The molecule has 0 radical (unpaired) electrons. The summed E-state index contributed by atoms with van der Waals surface area (Å²) in [6, 6.07) is 9.63. The van der Waals surface area contributed by atoms with Crippen molar-refractivity contribution < 1.29 is 9.53 Å². The Labute approximate surface area is 129 Å². The standard InChI is InChI=1S/C16H20BrNO2/c1-12(14-9-7-6-8-10-14)18(13(2)17)11-15(19)20-16(3,4)5/h6-10H,1-2,11H2,3-5H3. The number of benzene rings is 1. The van der Waals surface area contributed by atoms with Crippen molar-refractivity contribution in [3.8, 4) is 0 Å². The highest BCUT2D eigenvalue weighted by Gasteiger charge is 2.21. The molecule has 108 valence electrons. The Balaban J connectivity index is 2.83. The fourth-order valence-corrected chi connectivity index (χ4v) is 1.96. The minimum Gasteiger partial charge on any atom is -0.459 e. The Bertz CT molecular complexity index is 503. The van der Waals surface area contributed by atoms with Crippen molar-refractivity contribution >= 4 is 27.6 Å². The van der Waals surface area contributed by atoms with Gasteiger partial charge >= 0.3 is 5.97 Å². The van der Waals surface area contributed by atoms with E-state index in [4.69, 9.17) is 4.74 Å². The van der Waals surface area contributed by atoms with E-state index in [1.165, 1.54) is 0 Å². The molecular formula is C16H20BrNO2. The molecule has 0 bridgehead atoms. The van der Waals surface area contributed by atoms with Gasteiger partial charge < -0.3 is 9.64 Å². The molecule has 0 N–H and O–H groups in total. The maximum Gasteiger partial charge on any atom is 0.326 e. The summed E-state index contributed by atoms with van der Waals surface area (Å²) >= 11 is 3.31. The molecule has 0 spiro atoms. The summed E-state index contributed by atoms with van der Waals surface area (Å²) in [5.74, 6) is -0.324. The molecule has 0 aliphatic heterocycles. The molecule has 0 aliphatic carbocycles. The molecule has 0 aromatic heterocycles. The Morgan fingerprint density at radius 3 is 2.25 bits per heavy atom. The van der Waals surface area contributed by atoms with Crippen molar-refractivity contribution in [1.82, 2.24) is 4.90 Å². The van der Waals surface area contributed by atoms with Gasteiger partial charge in [0.1, 0.15) is 12.1 Å². The van der Waals surface area contributed by atoms with E-state index in [2.05, 4.69) is 29.1 Å². The van der Waals surface area contributed by atoms with Crippen molar-refractivity contribution in [2.45, 2.75) is 26.4 Å². The van der Waals surface area contributed by atoms with Crippen LogP contribution in [0.15, 0.2) is 48.1 Å². The SMILES string of the molecule is C=C(Br)N(CC(=O)OC(C)(C)C)C(=C)c1ccccc1. The number of hydrogen-bond acceptors (Lipinski definition) is 3. The zero-order valence-electron chi connectivity index (χ0n) is 12.1. The van der Waals surface area contributed by atoms with Crippen LogP contribution in [0.1, 0.15) is 26.3 Å². The molecule has 1 aromatic rings. The van der Waals surface area contributed by atoms with Crippen LogP contribution in [0.5, 0.6) is 0 Å². The van der Waals surface area contributed by atoms with Crippen LogP contribution in [-0.4, -0.2) is 23.0 Å². The predicted octanol–water partition coefficient (Wildman–Crippen LogP) is 4.17. The largest absolute Gasteiger partial charge is 0.459 e. The predicted molar refractivity (Wildman–Crippen MR) is 86.1 cm³/mol. The van der Waals surface area contributed by atoms with E-state index in [0.29, 0.717) is 10.3 Å². The Kier molecular flexibility index (Phi) is 5.57. The number of rotatable bonds is 5. The van der Waals surface area contributed by atoms with Crippen LogP contribution in [0.2, 0.25) is 0 Å². The van der Waals surface area contributed by atoms with Crippen molar-refractivity contribution in [2.24, 2.45) is 0 Å². The zero-order chi connectivity index (χ0) is 15.3. The third kappa shape index (κ3) is 5.21. The van der Waals surface area contributed by atoms with Gasteiger partial charge in [-0.3, -0.25) is 4.79 Å². The van der Waals surface area contributed by atoms with Crippen LogP contribution in [0.25, 0.3) is 5.70 Å². The van der Waals surface area contributed by atoms with Crippen molar-refractivity contribution in [3.05, 3.63) is 53.7 Å². The molecule has 4 heteroatoms. The number of halogens is 1. The Morgan fingerprint density at radius 2 is 1.80 bits per heavy atom. The molecule has 1 aromatic carbocycles. The van der Waals surface area contributed by atoms with Crippen LogP contribution in [0.4, 0.5) is 0 Å². The first-order valence-electron chi connectivity index (χ1n) is 6.29. The lowest BCUT2D eigenvalue weighted by Crippen LogP contribution is -2.32. The molecule has 0 aliphatic rings. The van der Waals surface area contributed by atoms with Crippen molar-refractivity contribution in [2.75, 3.05) is 6.54 Å². The molecule has 0 heterocycles. The third-order valence-electron chi connectivity index (χ3n) is 2.43. The molecule has 3 nitrogen and oxygen atoms in total. The van der Waals surface area contributed by atoms with E-state index in [-0.39, 0.29) is 12.5 Å². The van der Waals surface area contributed by atoms with Gasteiger partial charge in [0.25, 0.3) is 0 Å². The highest BCUT2D eigenvalue weighted by atomic mass is 79.9. The third-order valence-corrected chi connectivity index (χ3v) is 2.86. The van der Waals surface area contributed by atoms with Gasteiger partial charge in [-0.05, 0) is 42.3 Å². The van der Waals surface area contributed by atoms with Gasteiger partial charge in [0.2, 0.25) is 0 Å². The topological polar surface area (TPSA) is 29.5 Å². The molecule has 0 amide bonds. The van der Waals surface area contributed by atoms with Crippen molar-refractivity contribution in [1.29, 1.82) is 0 Å². The zero-order valence-corrected chi connectivity index (χ0v) is 13.7. The summed E-state index contributed by atoms with van der Waals surface area (Å²) in [7, 11) is 0. The van der Waals surface area contributed by atoms with E-state index in [9.17, 15) is 4.79 Å². The smallest absolute Gasteiger partial charge is 0.326 e. The quantitative estimate of drug-likeness (QED) is 0.596. The molecule has 0 atom stereocenters. The normalized spacial score (nSPS) is 10.8. The fraction of sp³-hybridized carbons (Fsp3) is 0.312. The number of esters is 1. The summed E-state index contributed by atoms with van der Waals surface area (Å²) in [6.07, 6.45) is 0. The van der Waals surface area contributed by atoms with Crippen LogP contribution in [0, 0.1) is 0 Å². The van der Waals surface area contributed by atoms with E-state index in [1.54, 1.807) is 4.90 Å². The average molecular weight is 338 g/mol. The van der Waals surface area contributed by atoms with E-state index in [0.717, 1.165) is 5.56 Å². The summed E-state index contributed by atoms with van der Waals surface area (Å²) in [5, 5.41) is 0. The number of hydrogen-bond donors (Lipinski definition) is 0. The van der Waals surface area contributed by atoms with E-state index in [1.807, 2.05) is 51.1 Å². The first-order valence-corrected chi connectivity index (χ1v) is 7.08. The molecule has 0 saturated heterocycles. The van der Waals surface area contributed by atoms with Gasteiger partial charge in [-0.25, -0.2) is 0 Å². The number of ether oxygens (including phenoxy) is 1. The maximum atomic E-state index is 11.9. The van der Waals surface area contributed by atoms with Gasteiger partial charge in [0, 0.05) is 5.70 Å². The second-order valence-corrected chi connectivity index (χ2v) is 6.28. The van der Waals surface area contributed by atoms with E-state index < -0.39 is 5.60 Å². The second kappa shape index (κ2) is 6.75. The molecule has 20 heavy (non-hydrogen) atoms. The highest BCUT2D eigenvalue weighted by Crippen LogP contribution is 2.24. The second-order valence-electron chi connectivity index (χ2n) is 5.36. The van der Waals surface area contributed by atoms with Crippen LogP contribution in [0.3, 0.4) is 0 Å². The first-order chi connectivity index (χ1) is 9.20. The summed E-state index contributed by atoms with van der Waals surface area (Å²) in [4.78, 5) is 13.6. The van der Waals surface area contributed by atoms with Gasteiger partial charge in [-0.1, -0.05) is 43.5 Å². The number of nitrogens with zero attached hydrogens (tertiary/aromatic N) is 1. The Morgan fingerprint density at radius 1 is 1.25 bits per heavy atom. The lowest BCUT2D eigenvalue weighted by Gasteiger charge is -2.27. The van der Waals surface area contributed by atoms with Gasteiger partial charge in [0.05, 0.1) is 4.61 Å². The van der Waals surface area contributed by atoms with Crippen LogP contribution >= 0.6 is 15.9 Å². The fourth-order valence-electron chi connectivity index (χ4n) is 1.62. The van der Waals surface area contributed by atoms with Crippen LogP contribution in [-0.2, 0) is 9.53 Å². The monoisotopic (exact) mass is 337 g/mol. The number of carbonyl (C=O) groups is 1. The lowest BCUT2D eigenvalue weighted by molar-refractivity contribution is -0.154. The van der Waals surface area contributed by atoms with Crippen molar-refractivity contribution in [3.63, 3.8) is 0 Å².